The third-order valence-electron chi connectivity index (χ3n) is 4.82. The van der Waals surface area contributed by atoms with Gasteiger partial charge < -0.3 is 9.64 Å². The molecule has 1 aromatic carbocycles. The smallest absolute Gasteiger partial charge is 0.225 e. The van der Waals surface area contributed by atoms with Crippen molar-refractivity contribution in [3.63, 3.8) is 0 Å². The van der Waals surface area contributed by atoms with Crippen molar-refractivity contribution in [2.45, 2.75) is 44.6 Å². The highest BCUT2D eigenvalue weighted by atomic mass is 79.9. The molecule has 1 aliphatic heterocycles. The van der Waals surface area contributed by atoms with Crippen molar-refractivity contribution in [1.82, 2.24) is 4.90 Å². The van der Waals surface area contributed by atoms with E-state index in [1.807, 2.05) is 17.0 Å². The third kappa shape index (κ3) is 3.90. The summed E-state index contributed by atoms with van der Waals surface area (Å²) < 4.78 is 6.96. The van der Waals surface area contributed by atoms with Crippen LogP contribution in [0.4, 0.5) is 0 Å². The highest BCUT2D eigenvalue weighted by molar-refractivity contribution is 9.10. The lowest BCUT2D eigenvalue weighted by Crippen LogP contribution is -2.44. The number of nitrogens with zero attached hydrogens (tertiary/aromatic N) is 1. The highest BCUT2D eigenvalue weighted by Gasteiger charge is 2.30. The number of hydrogen-bond donors (Lipinski definition) is 0. The van der Waals surface area contributed by atoms with Gasteiger partial charge in [0.15, 0.2) is 0 Å². The van der Waals surface area contributed by atoms with Crippen LogP contribution in [0.25, 0.3) is 0 Å². The fourth-order valence-corrected chi connectivity index (χ4v) is 3.78. The second-order valence-electron chi connectivity index (χ2n) is 6.38. The molecule has 120 valence electrons. The second kappa shape index (κ2) is 7.60. The standard InChI is InChI=1S/C18H24BrNO2/c19-16-9-7-14(8-10-16)17-13-20(11-12-22-17)18(21)15-5-3-1-2-4-6-15/h7-10,15,17H,1-6,11-13H2. The van der Waals surface area contributed by atoms with Crippen LogP contribution in [0.15, 0.2) is 28.7 Å². The Morgan fingerprint density at radius 1 is 1.09 bits per heavy atom. The van der Waals surface area contributed by atoms with Gasteiger partial charge in [0.2, 0.25) is 5.91 Å². The maximum atomic E-state index is 12.8. The molecule has 4 heteroatoms. The molecule has 1 heterocycles. The van der Waals surface area contributed by atoms with Crippen LogP contribution in [-0.2, 0) is 9.53 Å². The first-order valence-electron chi connectivity index (χ1n) is 8.40. The van der Waals surface area contributed by atoms with Crippen LogP contribution in [0, 0.1) is 5.92 Å². The summed E-state index contributed by atoms with van der Waals surface area (Å²) in [6, 6.07) is 8.22. The summed E-state index contributed by atoms with van der Waals surface area (Å²) in [6.07, 6.45) is 7.13. The van der Waals surface area contributed by atoms with Gasteiger partial charge in [-0.1, -0.05) is 53.7 Å². The van der Waals surface area contributed by atoms with Gasteiger partial charge in [0.05, 0.1) is 13.2 Å². The zero-order valence-corrected chi connectivity index (χ0v) is 14.6. The van der Waals surface area contributed by atoms with E-state index in [2.05, 4.69) is 28.1 Å². The first kappa shape index (κ1) is 16.0. The zero-order valence-electron chi connectivity index (χ0n) is 13.0. The summed E-state index contributed by atoms with van der Waals surface area (Å²) in [7, 11) is 0. The largest absolute Gasteiger partial charge is 0.370 e. The fraction of sp³-hybridized carbons (Fsp3) is 0.611. The molecule has 1 amide bonds. The number of amides is 1. The molecule has 0 radical (unpaired) electrons. The molecule has 1 saturated carbocycles. The average Bonchev–Trinajstić information content (AvgIpc) is 2.84. The van der Waals surface area contributed by atoms with Crippen LogP contribution in [-0.4, -0.2) is 30.5 Å². The number of carbonyl (C=O) groups is 1. The molecule has 22 heavy (non-hydrogen) atoms. The normalized spacial score (nSPS) is 24.0. The van der Waals surface area contributed by atoms with Gasteiger partial charge in [-0.05, 0) is 30.5 Å². The number of hydrogen-bond acceptors (Lipinski definition) is 2. The average molecular weight is 366 g/mol. The minimum Gasteiger partial charge on any atom is -0.370 e. The van der Waals surface area contributed by atoms with Crippen molar-refractivity contribution in [3.8, 4) is 0 Å². The van der Waals surface area contributed by atoms with E-state index in [1.165, 1.54) is 25.7 Å². The fourth-order valence-electron chi connectivity index (χ4n) is 3.51. The van der Waals surface area contributed by atoms with E-state index >= 15 is 0 Å². The van der Waals surface area contributed by atoms with Gasteiger partial charge in [-0.25, -0.2) is 0 Å². The van der Waals surface area contributed by atoms with E-state index in [0.29, 0.717) is 19.1 Å². The molecule has 3 nitrogen and oxygen atoms in total. The Morgan fingerprint density at radius 3 is 2.45 bits per heavy atom. The molecule has 0 spiro atoms. The molecule has 1 aliphatic carbocycles. The first-order chi connectivity index (χ1) is 10.7. The van der Waals surface area contributed by atoms with Gasteiger partial charge in [-0.2, -0.15) is 0 Å². The highest BCUT2D eigenvalue weighted by Crippen LogP contribution is 2.28. The lowest BCUT2D eigenvalue weighted by Gasteiger charge is -2.35. The quantitative estimate of drug-likeness (QED) is 0.730. The van der Waals surface area contributed by atoms with Gasteiger partial charge in [-0.3, -0.25) is 4.79 Å². The number of ether oxygens (including phenoxy) is 1. The van der Waals surface area contributed by atoms with E-state index in [4.69, 9.17) is 4.74 Å². The SMILES string of the molecule is O=C(C1CCCCCC1)N1CCOC(c2ccc(Br)cc2)C1. The van der Waals surface area contributed by atoms with Crippen molar-refractivity contribution in [3.05, 3.63) is 34.3 Å². The summed E-state index contributed by atoms with van der Waals surface area (Å²) in [5.74, 6) is 0.596. The molecule has 1 aromatic rings. The Morgan fingerprint density at radius 2 is 1.77 bits per heavy atom. The van der Waals surface area contributed by atoms with Crippen LogP contribution in [0.2, 0.25) is 0 Å². The predicted octanol–water partition coefficient (Wildman–Crippen LogP) is 4.32. The minimum atomic E-state index is 0.0107. The molecule has 1 saturated heterocycles. The Balaban J connectivity index is 1.64. The van der Waals surface area contributed by atoms with E-state index in [9.17, 15) is 4.79 Å². The molecular weight excluding hydrogens is 342 g/mol. The number of carbonyl (C=O) groups excluding carboxylic acids is 1. The summed E-state index contributed by atoms with van der Waals surface area (Å²) in [4.78, 5) is 14.8. The minimum absolute atomic E-state index is 0.0107. The number of rotatable bonds is 2. The topological polar surface area (TPSA) is 29.5 Å². The van der Waals surface area contributed by atoms with Crippen LogP contribution in [0.3, 0.4) is 0 Å². The molecular formula is C18H24BrNO2. The van der Waals surface area contributed by atoms with Crippen LogP contribution in [0.1, 0.15) is 50.2 Å². The van der Waals surface area contributed by atoms with Crippen LogP contribution < -0.4 is 0 Å². The van der Waals surface area contributed by atoms with E-state index in [0.717, 1.165) is 29.4 Å². The number of morpholine rings is 1. The number of benzene rings is 1. The molecule has 1 atom stereocenters. The Labute approximate surface area is 141 Å². The Kier molecular flexibility index (Phi) is 5.53. The van der Waals surface area contributed by atoms with Crippen molar-refractivity contribution in [1.29, 1.82) is 0 Å². The molecule has 0 bridgehead atoms. The van der Waals surface area contributed by atoms with Gasteiger partial charge in [0.25, 0.3) is 0 Å². The summed E-state index contributed by atoms with van der Waals surface area (Å²) >= 11 is 3.46. The van der Waals surface area contributed by atoms with Crippen LogP contribution >= 0.6 is 15.9 Å². The number of halogens is 1. The van der Waals surface area contributed by atoms with E-state index < -0.39 is 0 Å². The maximum absolute atomic E-state index is 12.8. The van der Waals surface area contributed by atoms with Crippen molar-refractivity contribution in [2.75, 3.05) is 19.7 Å². The van der Waals surface area contributed by atoms with Crippen molar-refractivity contribution in [2.24, 2.45) is 5.92 Å². The second-order valence-corrected chi connectivity index (χ2v) is 7.30. The molecule has 2 aliphatic rings. The lowest BCUT2D eigenvalue weighted by atomic mass is 9.98. The molecule has 0 N–H and O–H groups in total. The van der Waals surface area contributed by atoms with Gasteiger partial charge in [0.1, 0.15) is 6.10 Å². The zero-order chi connectivity index (χ0) is 15.4. The lowest BCUT2D eigenvalue weighted by molar-refractivity contribution is -0.143. The molecule has 3 rings (SSSR count). The van der Waals surface area contributed by atoms with Gasteiger partial charge >= 0.3 is 0 Å². The summed E-state index contributed by atoms with van der Waals surface area (Å²) in [5, 5.41) is 0. The molecule has 0 aromatic heterocycles. The first-order valence-corrected chi connectivity index (χ1v) is 9.19. The molecule has 2 fully saturated rings. The Hall–Kier alpha value is -0.870. The van der Waals surface area contributed by atoms with Crippen molar-refractivity contribution < 1.29 is 9.53 Å². The monoisotopic (exact) mass is 365 g/mol. The van der Waals surface area contributed by atoms with Crippen molar-refractivity contribution >= 4 is 21.8 Å². The third-order valence-corrected chi connectivity index (χ3v) is 5.35. The van der Waals surface area contributed by atoms with Gasteiger partial charge in [0, 0.05) is 16.9 Å². The maximum Gasteiger partial charge on any atom is 0.225 e. The summed E-state index contributed by atoms with van der Waals surface area (Å²) in [5.41, 5.74) is 1.15. The summed E-state index contributed by atoms with van der Waals surface area (Å²) in [6.45, 7) is 2.07. The predicted molar refractivity (Wildman–Crippen MR) is 90.6 cm³/mol. The van der Waals surface area contributed by atoms with Gasteiger partial charge in [-0.15, -0.1) is 0 Å². The molecule has 1 unspecified atom stereocenters. The van der Waals surface area contributed by atoms with E-state index in [-0.39, 0.29) is 12.0 Å². The van der Waals surface area contributed by atoms with Crippen LogP contribution in [0.5, 0.6) is 0 Å². The Bertz CT molecular complexity index is 494. The van der Waals surface area contributed by atoms with E-state index in [1.54, 1.807) is 0 Å².